The summed E-state index contributed by atoms with van der Waals surface area (Å²) in [6, 6.07) is 10.1. The van der Waals surface area contributed by atoms with Crippen LogP contribution in [0.3, 0.4) is 0 Å². The van der Waals surface area contributed by atoms with Gasteiger partial charge in [0.15, 0.2) is 0 Å². The predicted octanol–water partition coefficient (Wildman–Crippen LogP) is 1.19. The molecule has 7 heteroatoms. The molecule has 26 heavy (non-hydrogen) atoms. The number of nitrogens with zero attached hydrogens (tertiary/aromatic N) is 4. The lowest BCUT2D eigenvalue weighted by molar-refractivity contribution is -0.122. The number of rotatable bonds is 6. The maximum Gasteiger partial charge on any atom is 0.346 e. The zero-order valence-electron chi connectivity index (χ0n) is 15.5. The minimum atomic E-state index is -0.192. The minimum absolute atomic E-state index is 0.0340. The molecule has 1 unspecified atom stereocenters. The molecule has 7 nitrogen and oxygen atoms in total. The van der Waals surface area contributed by atoms with Crippen molar-refractivity contribution < 1.29 is 4.79 Å². The van der Waals surface area contributed by atoms with Gasteiger partial charge in [-0.25, -0.2) is 9.48 Å². The second-order valence-corrected chi connectivity index (χ2v) is 7.01. The van der Waals surface area contributed by atoms with Crippen LogP contribution in [0.4, 0.5) is 0 Å². The van der Waals surface area contributed by atoms with Crippen molar-refractivity contribution in [1.29, 1.82) is 0 Å². The third-order valence-electron chi connectivity index (χ3n) is 4.88. The first kappa shape index (κ1) is 18.4. The van der Waals surface area contributed by atoms with Crippen molar-refractivity contribution in [2.24, 2.45) is 0 Å². The lowest BCUT2D eigenvalue weighted by atomic mass is 10.1. The highest BCUT2D eigenvalue weighted by Crippen LogP contribution is 2.16. The van der Waals surface area contributed by atoms with Crippen LogP contribution in [-0.2, 0) is 24.3 Å². The highest BCUT2D eigenvalue weighted by Gasteiger charge is 2.19. The second-order valence-electron chi connectivity index (χ2n) is 7.01. The number of hydrogen-bond acceptors (Lipinski definition) is 4. The molecule has 0 spiro atoms. The Morgan fingerprint density at radius 3 is 2.73 bits per heavy atom. The van der Waals surface area contributed by atoms with Gasteiger partial charge in [0.05, 0.1) is 6.04 Å². The van der Waals surface area contributed by atoms with Gasteiger partial charge in [-0.2, -0.15) is 5.10 Å². The molecule has 1 aromatic carbocycles. The highest BCUT2D eigenvalue weighted by atomic mass is 16.2. The molecule has 1 aliphatic heterocycles. The van der Waals surface area contributed by atoms with Gasteiger partial charge >= 0.3 is 5.69 Å². The molecular formula is C19H27N5O2. The molecular weight excluding hydrogens is 330 g/mol. The summed E-state index contributed by atoms with van der Waals surface area (Å²) < 4.78 is 3.01. The molecule has 0 bridgehead atoms. The standard InChI is InChI=1S/C19H27N5O2/c1-22(2)16(15-9-5-3-6-10-15)13-20-18(25)14-24-19(26)23-12-8-4-7-11-17(23)21-24/h3,5-6,9-10,16H,4,7-8,11-14H2,1-2H3,(H,20,25). The smallest absolute Gasteiger partial charge is 0.346 e. The van der Waals surface area contributed by atoms with E-state index in [1.165, 1.54) is 4.68 Å². The molecule has 1 aromatic heterocycles. The van der Waals surface area contributed by atoms with Gasteiger partial charge in [0, 0.05) is 19.5 Å². The van der Waals surface area contributed by atoms with E-state index in [4.69, 9.17) is 0 Å². The van der Waals surface area contributed by atoms with E-state index in [9.17, 15) is 9.59 Å². The maximum atomic E-state index is 12.4. The van der Waals surface area contributed by atoms with Crippen LogP contribution in [0.2, 0.25) is 0 Å². The summed E-state index contributed by atoms with van der Waals surface area (Å²) in [5, 5.41) is 7.31. The minimum Gasteiger partial charge on any atom is -0.353 e. The number of benzene rings is 1. The third-order valence-corrected chi connectivity index (χ3v) is 4.88. The fourth-order valence-electron chi connectivity index (χ4n) is 3.40. The van der Waals surface area contributed by atoms with Crippen molar-refractivity contribution in [2.75, 3.05) is 20.6 Å². The van der Waals surface area contributed by atoms with Crippen molar-refractivity contribution in [3.05, 3.63) is 52.2 Å². The number of carbonyl (C=O) groups excluding carboxylic acids is 1. The fourth-order valence-corrected chi connectivity index (χ4v) is 3.40. The van der Waals surface area contributed by atoms with Crippen LogP contribution in [0.5, 0.6) is 0 Å². The summed E-state index contributed by atoms with van der Waals surface area (Å²) in [4.78, 5) is 26.9. The number of aryl methyl sites for hydroxylation is 1. The van der Waals surface area contributed by atoms with Crippen LogP contribution in [0.25, 0.3) is 0 Å². The molecule has 0 saturated carbocycles. The van der Waals surface area contributed by atoms with Crippen molar-refractivity contribution in [1.82, 2.24) is 24.6 Å². The average Bonchev–Trinajstić information content (AvgIpc) is 2.79. The monoisotopic (exact) mass is 357 g/mol. The lowest BCUT2D eigenvalue weighted by Gasteiger charge is -2.25. The molecule has 0 fully saturated rings. The fraction of sp³-hybridized carbons (Fsp3) is 0.526. The average molecular weight is 357 g/mol. The molecule has 2 heterocycles. The molecule has 2 aromatic rings. The number of carbonyl (C=O) groups is 1. The molecule has 140 valence electrons. The SMILES string of the molecule is CN(C)C(CNC(=O)Cn1nc2n(c1=O)CCCCC2)c1ccccc1. The van der Waals surface area contributed by atoms with E-state index in [2.05, 4.69) is 15.3 Å². The summed E-state index contributed by atoms with van der Waals surface area (Å²) in [5.41, 5.74) is 0.966. The molecule has 0 aliphatic carbocycles. The van der Waals surface area contributed by atoms with Gasteiger partial charge in [0.1, 0.15) is 12.4 Å². The van der Waals surface area contributed by atoms with Crippen molar-refractivity contribution >= 4 is 5.91 Å². The normalized spacial score (nSPS) is 15.3. The molecule has 1 aliphatic rings. The first-order valence-corrected chi connectivity index (χ1v) is 9.21. The third kappa shape index (κ3) is 4.22. The van der Waals surface area contributed by atoms with E-state index in [-0.39, 0.29) is 24.2 Å². The van der Waals surface area contributed by atoms with Crippen LogP contribution in [0.15, 0.2) is 35.1 Å². The van der Waals surface area contributed by atoms with Crippen LogP contribution < -0.4 is 11.0 Å². The van der Waals surface area contributed by atoms with E-state index >= 15 is 0 Å². The Morgan fingerprint density at radius 2 is 2.00 bits per heavy atom. The van der Waals surface area contributed by atoms with Crippen LogP contribution >= 0.6 is 0 Å². The lowest BCUT2D eigenvalue weighted by Crippen LogP contribution is -2.38. The number of amides is 1. The summed E-state index contributed by atoms with van der Waals surface area (Å²) in [7, 11) is 3.97. The number of likely N-dealkylation sites (N-methyl/N-ethyl adjacent to an activating group) is 1. The Labute approximate surface area is 153 Å². The van der Waals surface area contributed by atoms with E-state index in [1.54, 1.807) is 4.57 Å². The van der Waals surface area contributed by atoms with Crippen molar-refractivity contribution in [2.45, 2.75) is 44.8 Å². The van der Waals surface area contributed by atoms with E-state index in [1.807, 2.05) is 44.4 Å². The van der Waals surface area contributed by atoms with Gasteiger partial charge in [-0.15, -0.1) is 0 Å². The molecule has 0 radical (unpaired) electrons. The molecule has 0 saturated heterocycles. The van der Waals surface area contributed by atoms with E-state index < -0.39 is 0 Å². The Morgan fingerprint density at radius 1 is 1.23 bits per heavy atom. The quantitative estimate of drug-likeness (QED) is 0.843. The summed E-state index contributed by atoms with van der Waals surface area (Å²) >= 11 is 0. The first-order valence-electron chi connectivity index (χ1n) is 9.21. The Bertz CT molecular complexity index is 794. The molecule has 1 atom stereocenters. The summed E-state index contributed by atoms with van der Waals surface area (Å²) in [6.45, 7) is 1.15. The first-order chi connectivity index (χ1) is 12.6. The Kier molecular flexibility index (Phi) is 5.88. The summed E-state index contributed by atoms with van der Waals surface area (Å²) in [6.07, 6.45) is 3.96. The van der Waals surface area contributed by atoms with Gasteiger partial charge in [-0.1, -0.05) is 36.8 Å². The van der Waals surface area contributed by atoms with Crippen LogP contribution in [0.1, 0.15) is 36.7 Å². The predicted molar refractivity (Wildman–Crippen MR) is 99.9 cm³/mol. The van der Waals surface area contributed by atoms with Crippen LogP contribution in [-0.4, -0.2) is 45.8 Å². The van der Waals surface area contributed by atoms with E-state index in [0.29, 0.717) is 13.1 Å². The molecule has 3 rings (SSSR count). The highest BCUT2D eigenvalue weighted by molar-refractivity contribution is 5.75. The maximum absolute atomic E-state index is 12.4. The zero-order valence-corrected chi connectivity index (χ0v) is 15.5. The molecule has 1 N–H and O–H groups in total. The number of fused-ring (bicyclic) bond motifs is 1. The zero-order chi connectivity index (χ0) is 18.5. The number of nitrogens with one attached hydrogen (secondary N) is 1. The van der Waals surface area contributed by atoms with Crippen molar-refractivity contribution in [3.8, 4) is 0 Å². The van der Waals surface area contributed by atoms with Gasteiger partial charge in [-0.3, -0.25) is 9.36 Å². The number of aromatic nitrogens is 3. The van der Waals surface area contributed by atoms with Gasteiger partial charge in [0.25, 0.3) is 0 Å². The largest absolute Gasteiger partial charge is 0.353 e. The summed E-state index contributed by atoms with van der Waals surface area (Å²) in [5.74, 6) is 0.610. The van der Waals surface area contributed by atoms with Gasteiger partial charge in [0.2, 0.25) is 5.91 Å². The van der Waals surface area contributed by atoms with Gasteiger partial charge in [-0.05, 0) is 32.5 Å². The van der Waals surface area contributed by atoms with Crippen LogP contribution in [0, 0.1) is 0 Å². The van der Waals surface area contributed by atoms with Crippen molar-refractivity contribution in [3.63, 3.8) is 0 Å². The topological polar surface area (TPSA) is 72.2 Å². The molecule has 1 amide bonds. The number of hydrogen-bond donors (Lipinski definition) is 1. The van der Waals surface area contributed by atoms with Gasteiger partial charge < -0.3 is 10.2 Å². The van der Waals surface area contributed by atoms with E-state index in [0.717, 1.165) is 37.1 Å². The Balaban J connectivity index is 1.63. The Hall–Kier alpha value is -2.41. The second kappa shape index (κ2) is 8.31.